The van der Waals surface area contributed by atoms with Gasteiger partial charge in [0.05, 0.1) is 0 Å². The Labute approximate surface area is 183 Å². The molecule has 1 fully saturated rings. The first-order valence-electron chi connectivity index (χ1n) is 11.1. The Hall–Kier alpha value is -2.54. The van der Waals surface area contributed by atoms with Crippen molar-refractivity contribution < 1.29 is 14.3 Å². The largest absolute Gasteiger partial charge is 0.381 e. The molecule has 4 rings (SSSR count). The number of carbonyl (C=O) groups excluding carboxylic acids is 1. The second kappa shape index (κ2) is 8.54. The molecule has 1 N–H and O–H groups in total. The molecule has 2 aromatic rings. The SMILES string of the molecule is Cc1nc(C2CCN(C(=O)C(C)(C)O)CC2)nc2c1CCCN2Cc1ccc(F)cc1. The van der Waals surface area contributed by atoms with E-state index in [0.717, 1.165) is 55.1 Å². The van der Waals surface area contributed by atoms with Gasteiger partial charge in [0.2, 0.25) is 0 Å². The van der Waals surface area contributed by atoms with Gasteiger partial charge in [-0.05, 0) is 64.2 Å². The van der Waals surface area contributed by atoms with E-state index in [9.17, 15) is 14.3 Å². The molecule has 0 atom stereocenters. The third kappa shape index (κ3) is 4.71. The molecule has 0 aliphatic carbocycles. The van der Waals surface area contributed by atoms with Gasteiger partial charge in [-0.25, -0.2) is 14.4 Å². The van der Waals surface area contributed by atoms with Crippen LogP contribution in [-0.4, -0.2) is 51.1 Å². The van der Waals surface area contributed by atoms with Crippen molar-refractivity contribution in [2.45, 2.75) is 64.5 Å². The molecular weight excluding hydrogens is 395 g/mol. The lowest BCUT2D eigenvalue weighted by Crippen LogP contribution is -2.48. The van der Waals surface area contributed by atoms with Crippen LogP contribution in [0, 0.1) is 12.7 Å². The van der Waals surface area contributed by atoms with Crippen molar-refractivity contribution in [2.75, 3.05) is 24.5 Å². The van der Waals surface area contributed by atoms with E-state index in [-0.39, 0.29) is 17.6 Å². The maximum Gasteiger partial charge on any atom is 0.253 e. The van der Waals surface area contributed by atoms with Gasteiger partial charge in [0, 0.05) is 43.4 Å². The molecule has 3 heterocycles. The molecular formula is C24H31FN4O2. The Bertz CT molecular complexity index is 947. The first kappa shape index (κ1) is 21.7. The fourth-order valence-electron chi connectivity index (χ4n) is 4.58. The number of hydrogen-bond acceptors (Lipinski definition) is 5. The number of amides is 1. The monoisotopic (exact) mass is 426 g/mol. The van der Waals surface area contributed by atoms with Gasteiger partial charge in [0.1, 0.15) is 23.1 Å². The quantitative estimate of drug-likeness (QED) is 0.812. The number of hydrogen-bond donors (Lipinski definition) is 1. The Morgan fingerprint density at radius 1 is 1.16 bits per heavy atom. The molecule has 0 bridgehead atoms. The Balaban J connectivity index is 1.53. The average molecular weight is 427 g/mol. The molecule has 0 saturated carbocycles. The van der Waals surface area contributed by atoms with Crippen molar-refractivity contribution in [2.24, 2.45) is 0 Å². The van der Waals surface area contributed by atoms with Crippen LogP contribution in [0.15, 0.2) is 24.3 Å². The van der Waals surface area contributed by atoms with Gasteiger partial charge in [-0.1, -0.05) is 12.1 Å². The predicted octanol–water partition coefficient (Wildman–Crippen LogP) is 3.35. The van der Waals surface area contributed by atoms with Gasteiger partial charge < -0.3 is 14.9 Å². The van der Waals surface area contributed by atoms with Gasteiger partial charge in [-0.3, -0.25) is 4.79 Å². The average Bonchev–Trinajstić information content (AvgIpc) is 2.75. The molecule has 1 aromatic carbocycles. The van der Waals surface area contributed by atoms with Gasteiger partial charge >= 0.3 is 0 Å². The summed E-state index contributed by atoms with van der Waals surface area (Å²) < 4.78 is 13.3. The molecule has 1 amide bonds. The normalized spacial score (nSPS) is 17.6. The molecule has 2 aliphatic heterocycles. The lowest BCUT2D eigenvalue weighted by Gasteiger charge is -2.36. The van der Waals surface area contributed by atoms with Gasteiger partial charge in [0.25, 0.3) is 5.91 Å². The van der Waals surface area contributed by atoms with Crippen molar-refractivity contribution in [1.82, 2.24) is 14.9 Å². The van der Waals surface area contributed by atoms with E-state index < -0.39 is 5.60 Å². The summed E-state index contributed by atoms with van der Waals surface area (Å²) >= 11 is 0. The number of anilines is 1. The number of fused-ring (bicyclic) bond motifs is 1. The summed E-state index contributed by atoms with van der Waals surface area (Å²) in [5, 5.41) is 10.0. The zero-order valence-electron chi connectivity index (χ0n) is 18.6. The topological polar surface area (TPSA) is 69.6 Å². The smallest absolute Gasteiger partial charge is 0.253 e. The fourth-order valence-corrected chi connectivity index (χ4v) is 4.58. The molecule has 6 nitrogen and oxygen atoms in total. The highest BCUT2D eigenvalue weighted by atomic mass is 19.1. The molecule has 1 saturated heterocycles. The second-order valence-electron chi connectivity index (χ2n) is 9.25. The summed E-state index contributed by atoms with van der Waals surface area (Å²) in [6.07, 6.45) is 3.60. The number of carbonyl (C=O) groups is 1. The van der Waals surface area contributed by atoms with Crippen molar-refractivity contribution >= 4 is 11.7 Å². The lowest BCUT2D eigenvalue weighted by atomic mass is 9.93. The number of aliphatic hydroxyl groups is 1. The van der Waals surface area contributed by atoms with E-state index in [1.807, 2.05) is 12.1 Å². The molecule has 7 heteroatoms. The van der Waals surface area contributed by atoms with E-state index in [1.165, 1.54) is 31.5 Å². The summed E-state index contributed by atoms with van der Waals surface area (Å²) in [6, 6.07) is 6.65. The molecule has 166 valence electrons. The summed E-state index contributed by atoms with van der Waals surface area (Å²) in [6.45, 7) is 7.94. The molecule has 0 unspecified atom stereocenters. The summed E-state index contributed by atoms with van der Waals surface area (Å²) in [7, 11) is 0. The third-order valence-corrected chi connectivity index (χ3v) is 6.32. The van der Waals surface area contributed by atoms with Crippen LogP contribution in [0.4, 0.5) is 10.2 Å². The van der Waals surface area contributed by atoms with Crippen LogP contribution in [0.2, 0.25) is 0 Å². The summed E-state index contributed by atoms with van der Waals surface area (Å²) in [5.41, 5.74) is 1.95. The summed E-state index contributed by atoms with van der Waals surface area (Å²) in [5.74, 6) is 1.59. The molecule has 1 aromatic heterocycles. The van der Waals surface area contributed by atoms with Gasteiger partial charge in [-0.2, -0.15) is 0 Å². The highest BCUT2D eigenvalue weighted by Gasteiger charge is 2.33. The van der Waals surface area contributed by atoms with E-state index in [2.05, 4.69) is 11.8 Å². The van der Waals surface area contributed by atoms with E-state index >= 15 is 0 Å². The van der Waals surface area contributed by atoms with Crippen LogP contribution in [0.3, 0.4) is 0 Å². The van der Waals surface area contributed by atoms with Crippen LogP contribution in [0.1, 0.15) is 61.7 Å². The van der Waals surface area contributed by atoms with Crippen LogP contribution in [0.25, 0.3) is 0 Å². The van der Waals surface area contributed by atoms with E-state index in [0.29, 0.717) is 19.6 Å². The number of aromatic nitrogens is 2. The lowest BCUT2D eigenvalue weighted by molar-refractivity contribution is -0.149. The number of rotatable bonds is 4. The third-order valence-electron chi connectivity index (χ3n) is 6.32. The van der Waals surface area contributed by atoms with Crippen molar-refractivity contribution in [3.05, 3.63) is 52.7 Å². The fraction of sp³-hybridized carbons (Fsp3) is 0.542. The molecule has 0 radical (unpaired) electrons. The minimum absolute atomic E-state index is 0.199. The Kier molecular flexibility index (Phi) is 5.97. The van der Waals surface area contributed by atoms with Crippen molar-refractivity contribution in [3.8, 4) is 0 Å². The molecule has 31 heavy (non-hydrogen) atoms. The van der Waals surface area contributed by atoms with Crippen LogP contribution < -0.4 is 4.90 Å². The van der Waals surface area contributed by atoms with Crippen molar-refractivity contribution in [1.29, 1.82) is 0 Å². The number of piperidine rings is 1. The zero-order chi connectivity index (χ0) is 22.2. The minimum atomic E-state index is -1.34. The maximum absolute atomic E-state index is 13.3. The highest BCUT2D eigenvalue weighted by Crippen LogP contribution is 2.33. The number of likely N-dealkylation sites (tertiary alicyclic amines) is 1. The van der Waals surface area contributed by atoms with Crippen molar-refractivity contribution in [3.63, 3.8) is 0 Å². The van der Waals surface area contributed by atoms with Crippen LogP contribution in [-0.2, 0) is 17.8 Å². The number of aryl methyl sites for hydroxylation is 1. The first-order valence-corrected chi connectivity index (χ1v) is 11.1. The Morgan fingerprint density at radius 2 is 1.84 bits per heavy atom. The molecule has 0 spiro atoms. The number of halogens is 1. The standard InChI is InChI=1S/C24H31FN4O2/c1-16-20-5-4-12-29(15-17-6-8-19(25)9-7-17)22(20)27-21(26-16)18-10-13-28(14-11-18)23(30)24(2,3)31/h6-9,18,31H,4-5,10-15H2,1-3H3. The second-order valence-corrected chi connectivity index (χ2v) is 9.25. The maximum atomic E-state index is 13.3. The zero-order valence-corrected chi connectivity index (χ0v) is 18.6. The van der Waals surface area contributed by atoms with Gasteiger partial charge in [-0.15, -0.1) is 0 Å². The van der Waals surface area contributed by atoms with Gasteiger partial charge in [0.15, 0.2) is 0 Å². The minimum Gasteiger partial charge on any atom is -0.381 e. The summed E-state index contributed by atoms with van der Waals surface area (Å²) in [4.78, 5) is 26.2. The number of nitrogens with zero attached hydrogens (tertiary/aromatic N) is 4. The van der Waals surface area contributed by atoms with E-state index in [4.69, 9.17) is 9.97 Å². The molecule has 2 aliphatic rings. The van der Waals surface area contributed by atoms with E-state index in [1.54, 1.807) is 4.90 Å². The van der Waals surface area contributed by atoms with Crippen LogP contribution in [0.5, 0.6) is 0 Å². The van der Waals surface area contributed by atoms with Crippen LogP contribution >= 0.6 is 0 Å². The first-order chi connectivity index (χ1) is 14.7. The Morgan fingerprint density at radius 3 is 2.48 bits per heavy atom. The highest BCUT2D eigenvalue weighted by molar-refractivity contribution is 5.84. The number of benzene rings is 1. The predicted molar refractivity (Wildman–Crippen MR) is 117 cm³/mol.